The summed E-state index contributed by atoms with van der Waals surface area (Å²) in [4.78, 5) is 32.7. The molecule has 0 spiro atoms. The van der Waals surface area contributed by atoms with Crippen molar-refractivity contribution in [3.05, 3.63) is 66.1 Å². The summed E-state index contributed by atoms with van der Waals surface area (Å²) < 4.78 is 2.03. The first-order valence-electron chi connectivity index (χ1n) is 9.86. The lowest BCUT2D eigenvalue weighted by Crippen LogP contribution is -2.48. The summed E-state index contributed by atoms with van der Waals surface area (Å²) in [6.07, 6.45) is 4.45. The van der Waals surface area contributed by atoms with Gasteiger partial charge in [0.25, 0.3) is 0 Å². The zero-order valence-corrected chi connectivity index (χ0v) is 16.5. The SMILES string of the molecule is CC(=O)Nc1ccc(CC(=O)N2CCN(Cc3cn4ccccc4n3)CC2)cc1. The van der Waals surface area contributed by atoms with Crippen LogP contribution in [0.5, 0.6) is 0 Å². The fourth-order valence-electron chi connectivity index (χ4n) is 3.64. The second-order valence-corrected chi connectivity index (χ2v) is 7.41. The average molecular weight is 391 g/mol. The molecule has 0 unspecified atom stereocenters. The first-order chi connectivity index (χ1) is 14.1. The zero-order chi connectivity index (χ0) is 20.2. The van der Waals surface area contributed by atoms with Gasteiger partial charge in [-0.1, -0.05) is 18.2 Å². The molecular formula is C22H25N5O2. The molecule has 0 aliphatic carbocycles. The number of hydrogen-bond donors (Lipinski definition) is 1. The van der Waals surface area contributed by atoms with Crippen molar-refractivity contribution < 1.29 is 9.59 Å². The van der Waals surface area contributed by atoms with Gasteiger partial charge in [0.1, 0.15) is 5.65 Å². The van der Waals surface area contributed by atoms with Crippen molar-refractivity contribution in [1.29, 1.82) is 0 Å². The summed E-state index contributed by atoms with van der Waals surface area (Å²) in [5, 5.41) is 2.74. The van der Waals surface area contributed by atoms with Crippen LogP contribution in [-0.4, -0.2) is 57.2 Å². The van der Waals surface area contributed by atoms with E-state index in [-0.39, 0.29) is 11.8 Å². The minimum atomic E-state index is -0.102. The summed E-state index contributed by atoms with van der Waals surface area (Å²) in [5.41, 5.74) is 3.71. The minimum Gasteiger partial charge on any atom is -0.340 e. The number of aromatic nitrogens is 2. The van der Waals surface area contributed by atoms with Gasteiger partial charge < -0.3 is 14.6 Å². The van der Waals surface area contributed by atoms with E-state index in [1.165, 1.54) is 6.92 Å². The van der Waals surface area contributed by atoms with E-state index < -0.39 is 0 Å². The van der Waals surface area contributed by atoms with Crippen LogP contribution in [0.3, 0.4) is 0 Å². The van der Waals surface area contributed by atoms with E-state index in [9.17, 15) is 9.59 Å². The van der Waals surface area contributed by atoms with Crippen LogP contribution in [0.2, 0.25) is 0 Å². The molecule has 4 rings (SSSR count). The van der Waals surface area contributed by atoms with Gasteiger partial charge in [-0.25, -0.2) is 4.98 Å². The highest BCUT2D eigenvalue weighted by Gasteiger charge is 2.21. The summed E-state index contributed by atoms with van der Waals surface area (Å²) in [6.45, 7) is 5.44. The molecule has 29 heavy (non-hydrogen) atoms. The maximum Gasteiger partial charge on any atom is 0.227 e. The van der Waals surface area contributed by atoms with Crippen molar-refractivity contribution in [2.75, 3.05) is 31.5 Å². The number of nitrogens with zero attached hydrogens (tertiary/aromatic N) is 4. The Morgan fingerprint density at radius 1 is 1.03 bits per heavy atom. The van der Waals surface area contributed by atoms with E-state index in [2.05, 4.69) is 21.4 Å². The van der Waals surface area contributed by atoms with Gasteiger partial charge in [0.15, 0.2) is 0 Å². The molecule has 1 N–H and O–H groups in total. The van der Waals surface area contributed by atoms with Crippen LogP contribution in [0, 0.1) is 0 Å². The molecule has 1 aliphatic heterocycles. The lowest BCUT2D eigenvalue weighted by molar-refractivity contribution is -0.132. The Morgan fingerprint density at radius 3 is 2.48 bits per heavy atom. The van der Waals surface area contributed by atoms with Crippen LogP contribution in [0.4, 0.5) is 5.69 Å². The molecule has 7 nitrogen and oxygen atoms in total. The third-order valence-electron chi connectivity index (χ3n) is 5.15. The van der Waals surface area contributed by atoms with Crippen molar-refractivity contribution in [3.63, 3.8) is 0 Å². The van der Waals surface area contributed by atoms with Gasteiger partial charge in [-0.2, -0.15) is 0 Å². The smallest absolute Gasteiger partial charge is 0.227 e. The Labute approximate surface area is 169 Å². The Bertz CT molecular complexity index is 970. The van der Waals surface area contributed by atoms with Crippen molar-refractivity contribution in [2.45, 2.75) is 19.9 Å². The van der Waals surface area contributed by atoms with Crippen molar-refractivity contribution >= 4 is 23.1 Å². The minimum absolute atomic E-state index is 0.102. The third kappa shape index (κ3) is 4.81. The number of fused-ring (bicyclic) bond motifs is 1. The molecule has 1 saturated heterocycles. The fourth-order valence-corrected chi connectivity index (χ4v) is 3.64. The average Bonchev–Trinajstić information content (AvgIpc) is 3.12. The van der Waals surface area contributed by atoms with Gasteiger partial charge in [0, 0.05) is 57.7 Å². The molecule has 7 heteroatoms. The number of piperazine rings is 1. The van der Waals surface area contributed by atoms with Gasteiger partial charge >= 0.3 is 0 Å². The lowest BCUT2D eigenvalue weighted by Gasteiger charge is -2.34. The number of anilines is 1. The second-order valence-electron chi connectivity index (χ2n) is 7.41. The number of pyridine rings is 1. The van der Waals surface area contributed by atoms with Gasteiger partial charge in [0.05, 0.1) is 12.1 Å². The summed E-state index contributed by atoms with van der Waals surface area (Å²) >= 11 is 0. The van der Waals surface area contributed by atoms with Crippen molar-refractivity contribution in [1.82, 2.24) is 19.2 Å². The zero-order valence-electron chi connectivity index (χ0n) is 16.5. The van der Waals surface area contributed by atoms with Gasteiger partial charge in [-0.15, -0.1) is 0 Å². The largest absolute Gasteiger partial charge is 0.340 e. The Hall–Kier alpha value is -3.19. The van der Waals surface area contributed by atoms with Crippen LogP contribution in [0.1, 0.15) is 18.2 Å². The summed E-state index contributed by atoms with van der Waals surface area (Å²) in [6, 6.07) is 13.4. The van der Waals surface area contributed by atoms with E-state index in [1.807, 2.05) is 58.0 Å². The van der Waals surface area contributed by atoms with Crippen LogP contribution in [0.25, 0.3) is 5.65 Å². The Morgan fingerprint density at radius 2 is 1.79 bits per heavy atom. The number of rotatable bonds is 5. The van der Waals surface area contributed by atoms with Crippen LogP contribution in [-0.2, 0) is 22.6 Å². The van der Waals surface area contributed by atoms with E-state index >= 15 is 0 Å². The second kappa shape index (κ2) is 8.45. The first kappa shape index (κ1) is 19.1. The van der Waals surface area contributed by atoms with Gasteiger partial charge in [0.2, 0.25) is 11.8 Å². The maximum atomic E-state index is 12.6. The third-order valence-corrected chi connectivity index (χ3v) is 5.15. The standard InChI is InChI=1S/C22H25N5O2/c1-17(28)23-19-7-5-18(6-8-19)14-22(29)26-12-10-25(11-13-26)15-20-16-27-9-3-2-4-21(27)24-20/h2-9,16H,10-15H2,1H3,(H,23,28). The Kier molecular flexibility index (Phi) is 5.57. The van der Waals surface area contributed by atoms with E-state index in [0.29, 0.717) is 6.42 Å². The number of nitrogens with one attached hydrogen (secondary N) is 1. The van der Waals surface area contributed by atoms with Crippen LogP contribution < -0.4 is 5.32 Å². The highest BCUT2D eigenvalue weighted by Crippen LogP contribution is 2.13. The van der Waals surface area contributed by atoms with Gasteiger partial charge in [-0.3, -0.25) is 14.5 Å². The normalized spacial score (nSPS) is 14.9. The topological polar surface area (TPSA) is 70.0 Å². The van der Waals surface area contributed by atoms with Crippen molar-refractivity contribution in [3.8, 4) is 0 Å². The van der Waals surface area contributed by atoms with Crippen LogP contribution >= 0.6 is 0 Å². The molecule has 0 bridgehead atoms. The van der Waals surface area contributed by atoms with E-state index in [1.54, 1.807) is 0 Å². The first-order valence-corrected chi connectivity index (χ1v) is 9.86. The number of imidazole rings is 1. The van der Waals surface area contributed by atoms with Crippen molar-refractivity contribution in [2.24, 2.45) is 0 Å². The van der Waals surface area contributed by atoms with E-state index in [0.717, 1.165) is 55.3 Å². The quantitative estimate of drug-likeness (QED) is 0.724. The highest BCUT2D eigenvalue weighted by molar-refractivity contribution is 5.88. The number of carbonyl (C=O) groups excluding carboxylic acids is 2. The molecule has 3 aromatic rings. The molecule has 1 aliphatic rings. The molecule has 0 atom stereocenters. The number of benzene rings is 1. The molecule has 150 valence electrons. The van der Waals surface area contributed by atoms with E-state index in [4.69, 9.17) is 0 Å². The predicted octanol–water partition coefficient (Wildman–Crippen LogP) is 2.18. The number of hydrogen-bond acceptors (Lipinski definition) is 4. The lowest BCUT2D eigenvalue weighted by atomic mass is 10.1. The summed E-state index contributed by atoms with van der Waals surface area (Å²) in [5.74, 6) is 0.0417. The number of amides is 2. The summed E-state index contributed by atoms with van der Waals surface area (Å²) in [7, 11) is 0. The maximum absolute atomic E-state index is 12.6. The molecule has 1 aromatic carbocycles. The molecular weight excluding hydrogens is 366 g/mol. The molecule has 0 saturated carbocycles. The Balaban J connectivity index is 1.27. The van der Waals surface area contributed by atoms with Gasteiger partial charge in [-0.05, 0) is 29.8 Å². The van der Waals surface area contributed by atoms with Crippen LogP contribution in [0.15, 0.2) is 54.9 Å². The highest BCUT2D eigenvalue weighted by atomic mass is 16.2. The molecule has 2 aromatic heterocycles. The monoisotopic (exact) mass is 391 g/mol. The number of carbonyl (C=O) groups is 2. The predicted molar refractivity (Wildman–Crippen MR) is 111 cm³/mol. The molecule has 3 heterocycles. The fraction of sp³-hybridized carbons (Fsp3) is 0.318. The molecule has 2 amide bonds. The molecule has 0 radical (unpaired) electrons. The molecule has 1 fully saturated rings.